The summed E-state index contributed by atoms with van der Waals surface area (Å²) in [5, 5.41) is 9.39. The van der Waals surface area contributed by atoms with Crippen molar-refractivity contribution in [2.24, 2.45) is 0 Å². The van der Waals surface area contributed by atoms with Gasteiger partial charge in [0.25, 0.3) is 0 Å². The van der Waals surface area contributed by atoms with E-state index >= 15 is 0 Å². The Morgan fingerprint density at radius 1 is 1.31 bits per heavy atom. The third kappa shape index (κ3) is 2.94. The fraction of sp³-hybridized carbons (Fsp3) is 0.750. The predicted octanol–water partition coefficient (Wildman–Crippen LogP) is -0.667. The molecule has 0 aliphatic heterocycles. The van der Waals surface area contributed by atoms with Crippen LogP contribution in [0.15, 0.2) is 11.3 Å². The molecule has 1 aliphatic carbocycles. The lowest BCUT2D eigenvalue weighted by atomic mass is 9.90. The Kier molecular flexibility index (Phi) is 4.17. The Morgan fingerprint density at radius 3 is 2.08 bits per heavy atom. The molecular formula is C8H18O3Si2. The average molecular weight is 218 g/mol. The van der Waals surface area contributed by atoms with Crippen molar-refractivity contribution < 1.29 is 14.0 Å². The summed E-state index contributed by atoms with van der Waals surface area (Å²) in [6.45, 7) is 1.74. The summed E-state index contributed by atoms with van der Waals surface area (Å²) >= 11 is 0. The van der Waals surface area contributed by atoms with Crippen molar-refractivity contribution in [3.8, 4) is 0 Å². The van der Waals surface area contributed by atoms with Gasteiger partial charge in [-0.05, 0) is 31.8 Å². The molecule has 0 heterocycles. The van der Waals surface area contributed by atoms with Crippen molar-refractivity contribution in [1.82, 2.24) is 0 Å². The van der Waals surface area contributed by atoms with E-state index in [0.29, 0.717) is 5.76 Å². The summed E-state index contributed by atoms with van der Waals surface area (Å²) in [6, 6.07) is 0. The van der Waals surface area contributed by atoms with Gasteiger partial charge in [0, 0.05) is 0 Å². The monoisotopic (exact) mass is 218 g/mol. The van der Waals surface area contributed by atoms with Crippen LogP contribution in [0.5, 0.6) is 0 Å². The molecule has 0 bridgehead atoms. The van der Waals surface area contributed by atoms with Gasteiger partial charge in [-0.25, -0.2) is 0 Å². The van der Waals surface area contributed by atoms with Gasteiger partial charge in [-0.2, -0.15) is 0 Å². The molecule has 13 heavy (non-hydrogen) atoms. The third-order valence-corrected chi connectivity index (χ3v) is 3.99. The first-order chi connectivity index (χ1) is 6.17. The molecule has 1 aliphatic rings. The Hall–Kier alpha value is -0.106. The van der Waals surface area contributed by atoms with E-state index in [4.69, 9.17) is 8.85 Å². The maximum absolute atomic E-state index is 9.39. The largest absolute Gasteiger partial charge is 0.513 e. The van der Waals surface area contributed by atoms with Crippen LogP contribution in [-0.4, -0.2) is 38.3 Å². The first-order valence-electron chi connectivity index (χ1n) is 4.60. The van der Waals surface area contributed by atoms with E-state index in [-0.39, 0.29) is 12.2 Å². The molecule has 76 valence electrons. The van der Waals surface area contributed by atoms with Crippen LogP contribution in [0.3, 0.4) is 0 Å². The molecule has 1 fully saturated rings. The van der Waals surface area contributed by atoms with Gasteiger partial charge in [-0.1, -0.05) is 0 Å². The molecule has 1 rings (SSSR count). The zero-order valence-corrected chi connectivity index (χ0v) is 12.5. The molecule has 3 nitrogen and oxygen atoms in total. The molecular weight excluding hydrogens is 200 g/mol. The first kappa shape index (κ1) is 11.0. The van der Waals surface area contributed by atoms with E-state index in [2.05, 4.69) is 0 Å². The van der Waals surface area contributed by atoms with Crippen LogP contribution in [0.2, 0.25) is 0 Å². The number of aliphatic hydroxyl groups is 1. The lowest BCUT2D eigenvalue weighted by molar-refractivity contribution is 0.0990. The third-order valence-electron chi connectivity index (χ3n) is 2.65. The van der Waals surface area contributed by atoms with Crippen molar-refractivity contribution in [3.05, 3.63) is 11.3 Å². The van der Waals surface area contributed by atoms with Crippen molar-refractivity contribution in [1.29, 1.82) is 0 Å². The van der Waals surface area contributed by atoms with Crippen LogP contribution >= 0.6 is 0 Å². The molecule has 0 aromatic rings. The summed E-state index contributed by atoms with van der Waals surface area (Å²) < 4.78 is 10.9. The maximum atomic E-state index is 9.39. The summed E-state index contributed by atoms with van der Waals surface area (Å²) in [6.07, 6.45) is 3.30. The van der Waals surface area contributed by atoms with Crippen LogP contribution in [-0.2, 0) is 8.85 Å². The Morgan fingerprint density at radius 2 is 1.77 bits per heavy atom. The van der Waals surface area contributed by atoms with Crippen molar-refractivity contribution in [2.45, 2.75) is 38.4 Å². The Balaban J connectivity index is 2.65. The topological polar surface area (TPSA) is 38.7 Å². The minimum Gasteiger partial charge on any atom is -0.513 e. The van der Waals surface area contributed by atoms with Gasteiger partial charge in [0.1, 0.15) is 21.0 Å². The zero-order valence-electron chi connectivity index (χ0n) is 8.54. The highest BCUT2D eigenvalue weighted by Crippen LogP contribution is 2.28. The number of hydrogen-bond acceptors (Lipinski definition) is 3. The van der Waals surface area contributed by atoms with Gasteiger partial charge >= 0.3 is 0 Å². The number of hydrogen-bond donors (Lipinski definition) is 1. The average Bonchev–Trinajstić information content (AvgIpc) is 2.16. The molecule has 0 saturated heterocycles. The van der Waals surface area contributed by atoms with E-state index in [1.165, 1.54) is 0 Å². The van der Waals surface area contributed by atoms with E-state index in [1.54, 1.807) is 6.92 Å². The van der Waals surface area contributed by atoms with Crippen LogP contribution < -0.4 is 0 Å². The molecule has 2 unspecified atom stereocenters. The van der Waals surface area contributed by atoms with Crippen LogP contribution in [0.1, 0.15) is 26.2 Å². The highest BCUT2D eigenvalue weighted by atomic mass is 28.2. The second kappa shape index (κ2) is 4.95. The van der Waals surface area contributed by atoms with Crippen LogP contribution in [0, 0.1) is 0 Å². The van der Waals surface area contributed by atoms with Crippen LogP contribution in [0.25, 0.3) is 0 Å². The summed E-state index contributed by atoms with van der Waals surface area (Å²) in [4.78, 5) is 0. The van der Waals surface area contributed by atoms with Crippen molar-refractivity contribution in [3.63, 3.8) is 0 Å². The second-order valence-corrected chi connectivity index (χ2v) is 4.49. The fourth-order valence-corrected chi connectivity index (χ4v) is 2.47. The molecule has 0 amide bonds. The minimum absolute atomic E-state index is 0.275. The van der Waals surface area contributed by atoms with Crippen molar-refractivity contribution in [2.75, 3.05) is 0 Å². The van der Waals surface area contributed by atoms with E-state index in [0.717, 1.165) is 45.8 Å². The molecule has 0 radical (unpaired) electrons. The Bertz CT molecular complexity index is 188. The van der Waals surface area contributed by atoms with E-state index in [9.17, 15) is 5.11 Å². The van der Waals surface area contributed by atoms with Crippen molar-refractivity contribution >= 4 is 21.0 Å². The quantitative estimate of drug-likeness (QED) is 0.494. The lowest BCUT2D eigenvalue weighted by Crippen LogP contribution is -2.29. The van der Waals surface area contributed by atoms with E-state index < -0.39 is 0 Å². The molecule has 1 saturated carbocycles. The number of rotatable bonds is 2. The highest BCUT2D eigenvalue weighted by Gasteiger charge is 2.25. The fourth-order valence-electron chi connectivity index (χ4n) is 1.75. The lowest BCUT2D eigenvalue weighted by Gasteiger charge is -2.30. The summed E-state index contributed by atoms with van der Waals surface area (Å²) in [5.41, 5.74) is 1.10. The maximum Gasteiger partial charge on any atom is 0.146 e. The smallest absolute Gasteiger partial charge is 0.146 e. The Labute approximate surface area is 85.2 Å². The molecule has 0 aromatic carbocycles. The molecule has 0 spiro atoms. The van der Waals surface area contributed by atoms with Gasteiger partial charge in [-0.3, -0.25) is 0 Å². The molecule has 1 N–H and O–H groups in total. The number of aliphatic hydroxyl groups excluding tert-OH is 1. The summed E-state index contributed by atoms with van der Waals surface area (Å²) in [5.74, 6) is 0.451. The van der Waals surface area contributed by atoms with Crippen LogP contribution in [0.4, 0.5) is 0 Å². The predicted molar refractivity (Wildman–Crippen MR) is 58.8 cm³/mol. The summed E-state index contributed by atoms with van der Waals surface area (Å²) in [7, 11) is 1.52. The standard InChI is InChI=1S/C8H18O3Si2/c1-5(9)6-2-7(10-12)4-8(3-6)11-13/h7-9H,2-4H2,1,12-13H3. The highest BCUT2D eigenvalue weighted by molar-refractivity contribution is 5.98. The van der Waals surface area contributed by atoms with E-state index in [1.807, 2.05) is 0 Å². The van der Waals surface area contributed by atoms with Gasteiger partial charge in [-0.15, -0.1) is 0 Å². The van der Waals surface area contributed by atoms with Gasteiger partial charge in [0.15, 0.2) is 0 Å². The minimum atomic E-state index is 0.275. The first-order valence-corrected chi connectivity index (χ1v) is 6.23. The normalized spacial score (nSPS) is 29.5. The van der Waals surface area contributed by atoms with Gasteiger partial charge in [0.2, 0.25) is 0 Å². The molecule has 2 atom stereocenters. The number of allylic oxidation sites excluding steroid dienone is 1. The molecule has 0 aromatic heterocycles. The molecule has 5 heteroatoms. The van der Waals surface area contributed by atoms with Gasteiger partial charge in [0.05, 0.1) is 18.0 Å². The zero-order chi connectivity index (χ0) is 9.84. The SMILES string of the molecule is CC(O)=C1CC(O[SiH3])CC(O[SiH3])C1. The second-order valence-electron chi connectivity index (χ2n) is 3.55. The van der Waals surface area contributed by atoms with Gasteiger partial charge < -0.3 is 14.0 Å².